The molecule has 0 radical (unpaired) electrons. The van der Waals surface area contributed by atoms with E-state index in [0.29, 0.717) is 6.42 Å². The van der Waals surface area contributed by atoms with Crippen LogP contribution < -0.4 is 0 Å². The second-order valence-corrected chi connectivity index (χ2v) is 3.57. The molecule has 0 aromatic heterocycles. The van der Waals surface area contributed by atoms with Crippen LogP contribution in [0.3, 0.4) is 0 Å². The first-order chi connectivity index (χ1) is 3.52. The summed E-state index contributed by atoms with van der Waals surface area (Å²) in [5.41, 5.74) is 0. The van der Waals surface area contributed by atoms with E-state index < -0.39 is 9.58 Å². The van der Waals surface area contributed by atoms with Crippen LogP contribution in [0.15, 0.2) is 0 Å². The number of hydrogen-bond donors (Lipinski definition) is 0. The quantitative estimate of drug-likeness (QED) is 0.441. The molecule has 0 aliphatic carbocycles. The van der Waals surface area contributed by atoms with Crippen LogP contribution in [0, 0.1) is 0 Å². The molecule has 4 heteroatoms. The lowest BCUT2D eigenvalue weighted by Gasteiger charge is -1.94. The summed E-state index contributed by atoms with van der Waals surface area (Å²) in [6, 6.07) is 0. The van der Waals surface area contributed by atoms with Crippen LogP contribution in [-0.4, -0.2) is 9.58 Å². The minimum Gasteiger partial charge on any atom is -0.315 e. The Balaban J connectivity index is 2.55. The normalized spacial score (nSPS) is 42.0. The highest BCUT2D eigenvalue weighted by molar-refractivity contribution is 6.55. The molecular weight excluding hydrogens is 170 g/mol. The average Bonchev–Trinajstić information content (AvgIpc) is 2.10. The fraction of sp³-hybridized carbons (Fsp3) is 1.00. The number of rotatable bonds is 1. The van der Waals surface area contributed by atoms with Crippen LogP contribution in [-0.2, 0) is 4.74 Å². The van der Waals surface area contributed by atoms with Gasteiger partial charge in [0.25, 0.3) is 4.52 Å². The smallest absolute Gasteiger partial charge is 0.263 e. The molecule has 1 atom stereocenters. The van der Waals surface area contributed by atoms with Gasteiger partial charge in [0.05, 0.1) is 0 Å². The predicted molar refractivity (Wildman–Crippen MR) is 34.4 cm³/mol. The number of halogens is 3. The Bertz CT molecular complexity index is 114. The van der Waals surface area contributed by atoms with Crippen molar-refractivity contribution in [1.29, 1.82) is 0 Å². The van der Waals surface area contributed by atoms with Crippen molar-refractivity contribution in [3.05, 3.63) is 0 Å². The van der Waals surface area contributed by atoms with E-state index in [1.165, 1.54) is 0 Å². The highest BCUT2D eigenvalue weighted by atomic mass is 35.5. The van der Waals surface area contributed by atoms with Crippen molar-refractivity contribution in [2.75, 3.05) is 0 Å². The molecular formula is C4H5Cl3O. The van der Waals surface area contributed by atoms with E-state index in [1.54, 1.807) is 0 Å². The van der Waals surface area contributed by atoms with Crippen molar-refractivity contribution < 1.29 is 4.74 Å². The van der Waals surface area contributed by atoms with Gasteiger partial charge >= 0.3 is 0 Å². The zero-order valence-electron chi connectivity index (χ0n) is 4.25. The van der Waals surface area contributed by atoms with E-state index in [4.69, 9.17) is 39.5 Å². The molecule has 0 spiro atoms. The lowest BCUT2D eigenvalue weighted by Crippen LogP contribution is -2.05. The van der Waals surface area contributed by atoms with E-state index in [2.05, 4.69) is 0 Å². The van der Waals surface area contributed by atoms with Gasteiger partial charge in [0, 0.05) is 0 Å². The summed E-state index contributed by atoms with van der Waals surface area (Å²) < 4.78 is 3.60. The molecule has 1 heterocycles. The molecule has 8 heavy (non-hydrogen) atoms. The summed E-state index contributed by atoms with van der Waals surface area (Å²) in [6.45, 7) is 1.86. The zero-order valence-corrected chi connectivity index (χ0v) is 6.52. The van der Waals surface area contributed by atoms with Gasteiger partial charge in [0.2, 0.25) is 5.06 Å². The van der Waals surface area contributed by atoms with Crippen LogP contribution >= 0.6 is 34.8 Å². The summed E-state index contributed by atoms with van der Waals surface area (Å²) >= 11 is 16.6. The van der Waals surface area contributed by atoms with Gasteiger partial charge < -0.3 is 4.74 Å². The summed E-state index contributed by atoms with van der Waals surface area (Å²) in [4.78, 5) is 0. The summed E-state index contributed by atoms with van der Waals surface area (Å²) in [5.74, 6) is 0. The van der Waals surface area contributed by atoms with Gasteiger partial charge in [-0.2, -0.15) is 0 Å². The molecule has 1 nitrogen and oxygen atoms in total. The van der Waals surface area contributed by atoms with Gasteiger partial charge in [-0.05, 0) is 6.42 Å². The molecule has 1 aliphatic rings. The van der Waals surface area contributed by atoms with Crippen molar-refractivity contribution in [2.45, 2.75) is 22.9 Å². The van der Waals surface area contributed by atoms with E-state index in [0.717, 1.165) is 0 Å². The Hall–Kier alpha value is 0.830. The zero-order chi connectivity index (χ0) is 6.41. The Labute approximate surface area is 62.9 Å². The topological polar surface area (TPSA) is 12.5 Å². The molecule has 0 aromatic carbocycles. The summed E-state index contributed by atoms with van der Waals surface area (Å²) in [5, 5.41) is -0.809. The Morgan fingerprint density at radius 1 is 1.38 bits per heavy atom. The van der Waals surface area contributed by atoms with Gasteiger partial charge in [-0.15, -0.1) is 0 Å². The second-order valence-electron chi connectivity index (χ2n) is 1.70. The predicted octanol–water partition coefficient (Wildman–Crippen LogP) is 2.49. The van der Waals surface area contributed by atoms with E-state index in [1.807, 2.05) is 6.92 Å². The van der Waals surface area contributed by atoms with E-state index >= 15 is 0 Å². The first-order valence-corrected chi connectivity index (χ1v) is 3.42. The van der Waals surface area contributed by atoms with Gasteiger partial charge in [0.1, 0.15) is 0 Å². The van der Waals surface area contributed by atoms with E-state index in [-0.39, 0.29) is 0 Å². The molecule has 0 bridgehead atoms. The Kier molecular flexibility index (Phi) is 1.44. The minimum absolute atomic E-state index is 0.627. The lowest BCUT2D eigenvalue weighted by molar-refractivity contribution is 0.358. The van der Waals surface area contributed by atoms with Crippen molar-refractivity contribution in [3.63, 3.8) is 0 Å². The third-order valence-corrected chi connectivity index (χ3v) is 2.71. The lowest BCUT2D eigenvalue weighted by atomic mass is 10.4. The molecule has 1 unspecified atom stereocenters. The fourth-order valence-electron chi connectivity index (χ4n) is 0.456. The third-order valence-electron chi connectivity index (χ3n) is 1.14. The molecule has 1 rings (SSSR count). The largest absolute Gasteiger partial charge is 0.315 e. The maximum absolute atomic E-state index is 5.63. The maximum Gasteiger partial charge on any atom is 0.263 e. The third kappa shape index (κ3) is 0.820. The molecule has 1 fully saturated rings. The van der Waals surface area contributed by atoms with Crippen LogP contribution in [0.1, 0.15) is 13.3 Å². The minimum atomic E-state index is -1.14. The number of epoxide rings is 1. The fourth-order valence-corrected chi connectivity index (χ4v) is 1.18. The molecule has 0 amide bonds. The van der Waals surface area contributed by atoms with Crippen molar-refractivity contribution >= 4 is 34.8 Å². The van der Waals surface area contributed by atoms with Gasteiger partial charge in [-0.1, -0.05) is 41.7 Å². The van der Waals surface area contributed by atoms with Gasteiger partial charge in [-0.25, -0.2) is 0 Å². The molecule has 0 aromatic rings. The highest BCUT2D eigenvalue weighted by Crippen LogP contribution is 2.59. The monoisotopic (exact) mass is 174 g/mol. The second kappa shape index (κ2) is 1.66. The molecule has 0 saturated carbocycles. The van der Waals surface area contributed by atoms with Crippen LogP contribution in [0.2, 0.25) is 0 Å². The van der Waals surface area contributed by atoms with E-state index in [9.17, 15) is 0 Å². The Morgan fingerprint density at radius 3 is 1.75 bits per heavy atom. The van der Waals surface area contributed by atoms with Crippen LogP contribution in [0.4, 0.5) is 0 Å². The van der Waals surface area contributed by atoms with Crippen molar-refractivity contribution in [3.8, 4) is 0 Å². The standard InChI is InChI=1S/C4H5Cl3O/c1-2-3(5)4(6,7)8-3/h2H2,1H3. The van der Waals surface area contributed by atoms with Crippen molar-refractivity contribution in [1.82, 2.24) is 0 Å². The summed E-state index contributed by atoms with van der Waals surface area (Å²) in [6.07, 6.45) is 0.627. The number of ether oxygens (including phenoxy) is 1. The molecule has 1 aliphatic heterocycles. The van der Waals surface area contributed by atoms with Crippen molar-refractivity contribution in [2.24, 2.45) is 0 Å². The van der Waals surface area contributed by atoms with Crippen LogP contribution in [0.5, 0.6) is 0 Å². The maximum atomic E-state index is 5.63. The Morgan fingerprint density at radius 2 is 1.75 bits per heavy atom. The van der Waals surface area contributed by atoms with Gasteiger partial charge in [-0.3, -0.25) is 0 Å². The number of hydrogen-bond acceptors (Lipinski definition) is 1. The van der Waals surface area contributed by atoms with Crippen LogP contribution in [0.25, 0.3) is 0 Å². The SMILES string of the molecule is CCC1(Cl)OC1(Cl)Cl. The number of alkyl halides is 3. The highest BCUT2D eigenvalue weighted by Gasteiger charge is 2.67. The van der Waals surface area contributed by atoms with Gasteiger partial charge in [0.15, 0.2) is 0 Å². The average molecular weight is 175 g/mol. The molecule has 0 N–H and O–H groups in total. The molecule has 48 valence electrons. The first kappa shape index (κ1) is 6.94. The molecule has 1 saturated heterocycles. The summed E-state index contributed by atoms with van der Waals surface area (Å²) in [7, 11) is 0. The first-order valence-electron chi connectivity index (χ1n) is 2.29.